The molecular weight excluding hydrogens is 276 g/mol. The zero-order valence-corrected chi connectivity index (χ0v) is 12.5. The van der Waals surface area contributed by atoms with Gasteiger partial charge in [-0.15, -0.1) is 0 Å². The largest absolute Gasteiger partial charge is 0.478 e. The highest BCUT2D eigenvalue weighted by Gasteiger charge is 2.22. The van der Waals surface area contributed by atoms with Crippen molar-refractivity contribution in [3.05, 3.63) is 34.9 Å². The summed E-state index contributed by atoms with van der Waals surface area (Å²) in [5.41, 5.74) is 1.88. The summed E-state index contributed by atoms with van der Waals surface area (Å²) < 4.78 is 0. The number of anilines is 1. The van der Waals surface area contributed by atoms with Crippen LogP contribution in [0.1, 0.15) is 12.5 Å². The van der Waals surface area contributed by atoms with E-state index in [1.54, 1.807) is 12.1 Å². The third-order valence-electron chi connectivity index (χ3n) is 3.70. The van der Waals surface area contributed by atoms with Crippen LogP contribution in [0.25, 0.3) is 6.08 Å². The first-order valence-corrected chi connectivity index (χ1v) is 7.01. The molecule has 1 unspecified atom stereocenters. The Hall–Kier alpha value is -1.52. The van der Waals surface area contributed by atoms with Gasteiger partial charge in [0.2, 0.25) is 0 Å². The van der Waals surface area contributed by atoms with E-state index in [2.05, 4.69) is 23.8 Å². The molecule has 1 atom stereocenters. The Bertz CT molecular complexity index is 531. The first kappa shape index (κ1) is 14.9. The molecule has 1 aliphatic rings. The van der Waals surface area contributed by atoms with Gasteiger partial charge in [0, 0.05) is 42.5 Å². The molecule has 1 aliphatic heterocycles. The predicted molar refractivity (Wildman–Crippen MR) is 82.4 cm³/mol. The highest BCUT2D eigenvalue weighted by Crippen LogP contribution is 2.27. The topological polar surface area (TPSA) is 43.8 Å². The molecule has 108 valence electrons. The molecule has 1 fully saturated rings. The van der Waals surface area contributed by atoms with Crippen molar-refractivity contribution >= 4 is 29.3 Å². The van der Waals surface area contributed by atoms with Crippen molar-refractivity contribution in [3.63, 3.8) is 0 Å². The van der Waals surface area contributed by atoms with E-state index in [1.165, 1.54) is 0 Å². The fourth-order valence-corrected chi connectivity index (χ4v) is 2.56. The van der Waals surface area contributed by atoms with Crippen LogP contribution in [0.2, 0.25) is 5.02 Å². The van der Waals surface area contributed by atoms with Crippen LogP contribution in [0.5, 0.6) is 0 Å². The Kier molecular flexibility index (Phi) is 4.68. The number of hydrogen-bond donors (Lipinski definition) is 1. The predicted octanol–water partition coefficient (Wildman–Crippen LogP) is 2.58. The number of carboxylic acid groups (broad SMARTS) is 1. The Labute approximate surface area is 124 Å². The zero-order chi connectivity index (χ0) is 14.7. The molecular formula is C15H19ClN2O2. The first-order valence-electron chi connectivity index (χ1n) is 6.63. The van der Waals surface area contributed by atoms with Crippen molar-refractivity contribution in [2.75, 3.05) is 31.6 Å². The van der Waals surface area contributed by atoms with Crippen molar-refractivity contribution in [1.29, 1.82) is 0 Å². The van der Waals surface area contributed by atoms with Gasteiger partial charge in [0.05, 0.1) is 0 Å². The van der Waals surface area contributed by atoms with Gasteiger partial charge in [-0.1, -0.05) is 11.6 Å². The maximum atomic E-state index is 10.7. The van der Waals surface area contributed by atoms with E-state index in [-0.39, 0.29) is 0 Å². The quantitative estimate of drug-likeness (QED) is 0.870. The summed E-state index contributed by atoms with van der Waals surface area (Å²) in [6, 6.07) is 6.08. The second-order valence-corrected chi connectivity index (χ2v) is 5.59. The van der Waals surface area contributed by atoms with E-state index in [9.17, 15) is 4.79 Å². The Morgan fingerprint density at radius 2 is 2.20 bits per heavy atom. The van der Waals surface area contributed by atoms with Crippen molar-refractivity contribution in [1.82, 2.24) is 4.90 Å². The monoisotopic (exact) mass is 294 g/mol. The van der Waals surface area contributed by atoms with Gasteiger partial charge in [0.15, 0.2) is 0 Å². The third kappa shape index (κ3) is 3.52. The lowest BCUT2D eigenvalue weighted by molar-refractivity contribution is -0.131. The number of carbonyl (C=O) groups is 1. The summed E-state index contributed by atoms with van der Waals surface area (Å²) in [5.74, 6) is -0.956. The normalized spacial score (nSPS) is 20.6. The maximum Gasteiger partial charge on any atom is 0.328 e. The number of halogens is 1. The van der Waals surface area contributed by atoms with Crippen LogP contribution >= 0.6 is 11.6 Å². The highest BCUT2D eigenvalue weighted by atomic mass is 35.5. The molecule has 0 aromatic heterocycles. The van der Waals surface area contributed by atoms with Crippen molar-refractivity contribution in [2.24, 2.45) is 0 Å². The molecule has 0 spiro atoms. The minimum absolute atomic E-state index is 0.468. The van der Waals surface area contributed by atoms with Crippen LogP contribution < -0.4 is 4.90 Å². The van der Waals surface area contributed by atoms with E-state index in [0.717, 1.165) is 37.0 Å². The fourth-order valence-electron chi connectivity index (χ4n) is 2.38. The van der Waals surface area contributed by atoms with Crippen LogP contribution in [-0.4, -0.2) is 48.7 Å². The van der Waals surface area contributed by atoms with Crippen molar-refractivity contribution in [3.8, 4) is 0 Å². The average Bonchev–Trinajstić information content (AvgIpc) is 2.40. The summed E-state index contributed by atoms with van der Waals surface area (Å²) in [4.78, 5) is 15.3. The van der Waals surface area contributed by atoms with Crippen LogP contribution in [0.3, 0.4) is 0 Å². The van der Waals surface area contributed by atoms with Crippen LogP contribution in [-0.2, 0) is 4.79 Å². The van der Waals surface area contributed by atoms with Gasteiger partial charge in [-0.25, -0.2) is 4.79 Å². The molecule has 2 rings (SSSR count). The number of carboxylic acids is 1. The highest BCUT2D eigenvalue weighted by molar-refractivity contribution is 6.30. The van der Waals surface area contributed by atoms with Gasteiger partial charge in [0.1, 0.15) is 0 Å². The summed E-state index contributed by atoms with van der Waals surface area (Å²) >= 11 is 6.01. The summed E-state index contributed by atoms with van der Waals surface area (Å²) in [6.45, 7) is 5.03. The minimum atomic E-state index is -0.956. The van der Waals surface area contributed by atoms with Crippen LogP contribution in [0, 0.1) is 0 Å². The Morgan fingerprint density at radius 3 is 2.85 bits per heavy atom. The van der Waals surface area contributed by atoms with E-state index in [4.69, 9.17) is 16.7 Å². The van der Waals surface area contributed by atoms with Gasteiger partial charge in [-0.2, -0.15) is 0 Å². The lowest BCUT2D eigenvalue weighted by Crippen LogP contribution is -2.50. The fraction of sp³-hybridized carbons (Fsp3) is 0.400. The molecule has 1 heterocycles. The molecule has 0 aliphatic carbocycles. The van der Waals surface area contributed by atoms with Crippen molar-refractivity contribution < 1.29 is 9.90 Å². The maximum absolute atomic E-state index is 10.7. The molecule has 0 radical (unpaired) electrons. The lowest BCUT2D eigenvalue weighted by Gasteiger charge is -2.39. The number of likely N-dealkylation sites (N-methyl/N-ethyl adjacent to an activating group) is 1. The van der Waals surface area contributed by atoms with Gasteiger partial charge in [-0.3, -0.25) is 0 Å². The number of rotatable bonds is 3. The van der Waals surface area contributed by atoms with E-state index < -0.39 is 5.97 Å². The first-order chi connectivity index (χ1) is 9.47. The molecule has 1 N–H and O–H groups in total. The van der Waals surface area contributed by atoms with Crippen LogP contribution in [0.15, 0.2) is 24.3 Å². The third-order valence-corrected chi connectivity index (χ3v) is 3.93. The van der Waals surface area contributed by atoms with Gasteiger partial charge in [0.25, 0.3) is 0 Å². The van der Waals surface area contributed by atoms with Gasteiger partial charge >= 0.3 is 5.97 Å². The summed E-state index contributed by atoms with van der Waals surface area (Å²) in [7, 11) is 2.12. The zero-order valence-electron chi connectivity index (χ0n) is 11.7. The number of aliphatic carboxylic acids is 1. The molecule has 1 aromatic rings. The molecule has 5 heteroatoms. The van der Waals surface area contributed by atoms with Gasteiger partial charge in [-0.05, 0) is 43.8 Å². The van der Waals surface area contributed by atoms with Crippen molar-refractivity contribution in [2.45, 2.75) is 13.0 Å². The average molecular weight is 295 g/mol. The van der Waals surface area contributed by atoms with E-state index >= 15 is 0 Å². The minimum Gasteiger partial charge on any atom is -0.478 e. The van der Waals surface area contributed by atoms with E-state index in [1.807, 2.05) is 12.1 Å². The Morgan fingerprint density at radius 1 is 1.45 bits per heavy atom. The number of hydrogen-bond acceptors (Lipinski definition) is 3. The molecule has 0 saturated carbocycles. The second-order valence-electron chi connectivity index (χ2n) is 5.15. The number of nitrogens with zero attached hydrogens (tertiary/aromatic N) is 2. The SMILES string of the molecule is CC1CN(c2ccc(Cl)cc2/C=C/C(=O)O)CCN1C. The molecule has 0 bridgehead atoms. The smallest absolute Gasteiger partial charge is 0.328 e. The summed E-state index contributed by atoms with van der Waals surface area (Å²) in [6.07, 6.45) is 2.75. The molecule has 1 aromatic carbocycles. The Balaban J connectivity index is 2.29. The molecule has 4 nitrogen and oxygen atoms in total. The molecule has 0 amide bonds. The molecule has 20 heavy (non-hydrogen) atoms. The van der Waals surface area contributed by atoms with Gasteiger partial charge < -0.3 is 14.9 Å². The number of piperazine rings is 1. The standard InChI is InChI=1S/C15H19ClN2O2/c1-11-10-18(8-7-17(11)2)14-5-4-13(16)9-12(14)3-6-15(19)20/h3-6,9,11H,7-8,10H2,1-2H3,(H,19,20)/b6-3+. The number of benzene rings is 1. The summed E-state index contributed by atoms with van der Waals surface area (Å²) in [5, 5.41) is 9.39. The van der Waals surface area contributed by atoms with Crippen LogP contribution in [0.4, 0.5) is 5.69 Å². The second kappa shape index (κ2) is 6.29. The van der Waals surface area contributed by atoms with E-state index in [0.29, 0.717) is 11.1 Å². The lowest BCUT2D eigenvalue weighted by atomic mass is 10.1. The molecule has 1 saturated heterocycles.